The highest BCUT2D eigenvalue weighted by molar-refractivity contribution is 5.88. The Labute approximate surface area is 166 Å². The maximum Gasteiger partial charge on any atom is 0.259 e. The molecule has 4 aromatic rings. The SMILES string of the molecule is CN1CCN(c2ccc3nc(-c4cc5c(F)c(N)ccc5[nH]c4=O)[nH]c3c2)CC1. The lowest BCUT2D eigenvalue weighted by Gasteiger charge is -2.34. The van der Waals surface area contributed by atoms with Crippen LogP contribution in [0.3, 0.4) is 0 Å². The average molecular weight is 392 g/mol. The van der Waals surface area contributed by atoms with Crippen molar-refractivity contribution >= 4 is 33.3 Å². The quantitative estimate of drug-likeness (QED) is 0.456. The lowest BCUT2D eigenvalue weighted by atomic mass is 10.1. The van der Waals surface area contributed by atoms with E-state index >= 15 is 0 Å². The van der Waals surface area contributed by atoms with Gasteiger partial charge in [0.25, 0.3) is 5.56 Å². The number of H-pyrrole nitrogens is 2. The Kier molecular flexibility index (Phi) is 4.02. The number of fused-ring (bicyclic) bond motifs is 2. The zero-order chi connectivity index (χ0) is 20.1. The molecule has 1 aliphatic heterocycles. The van der Waals surface area contributed by atoms with E-state index in [1.807, 2.05) is 18.2 Å². The molecule has 2 aromatic heterocycles. The Morgan fingerprint density at radius 1 is 1.03 bits per heavy atom. The fourth-order valence-corrected chi connectivity index (χ4v) is 3.82. The van der Waals surface area contributed by atoms with Gasteiger partial charge in [-0.05, 0) is 43.4 Å². The summed E-state index contributed by atoms with van der Waals surface area (Å²) < 4.78 is 14.4. The highest BCUT2D eigenvalue weighted by atomic mass is 19.1. The molecular formula is C21H21FN6O. The van der Waals surface area contributed by atoms with Crippen molar-refractivity contribution < 1.29 is 4.39 Å². The number of imidazole rings is 1. The largest absolute Gasteiger partial charge is 0.396 e. The Morgan fingerprint density at radius 3 is 2.62 bits per heavy atom. The second kappa shape index (κ2) is 6.59. The molecule has 1 saturated heterocycles. The van der Waals surface area contributed by atoms with Crippen molar-refractivity contribution in [3.8, 4) is 11.4 Å². The third-order valence-electron chi connectivity index (χ3n) is 5.58. The highest BCUT2D eigenvalue weighted by Gasteiger charge is 2.17. The summed E-state index contributed by atoms with van der Waals surface area (Å²) in [5.41, 5.74) is 8.77. The molecule has 2 aromatic carbocycles. The van der Waals surface area contributed by atoms with Crippen LogP contribution in [-0.2, 0) is 0 Å². The van der Waals surface area contributed by atoms with Gasteiger partial charge in [-0.1, -0.05) is 0 Å². The minimum absolute atomic E-state index is 0.0388. The van der Waals surface area contributed by atoms with Crippen molar-refractivity contribution in [3.05, 3.63) is 52.6 Å². The van der Waals surface area contributed by atoms with Gasteiger partial charge in [0.2, 0.25) is 0 Å². The van der Waals surface area contributed by atoms with E-state index in [1.54, 1.807) is 6.07 Å². The number of hydrogen-bond donors (Lipinski definition) is 3. The molecule has 3 heterocycles. The molecule has 4 N–H and O–H groups in total. The van der Waals surface area contributed by atoms with Gasteiger partial charge in [0.15, 0.2) is 5.82 Å². The summed E-state index contributed by atoms with van der Waals surface area (Å²) in [5, 5.41) is 0.262. The standard InChI is InChI=1S/C21H21FN6O/c1-27-6-8-28(9-7-27)12-2-4-17-18(10-12)25-20(24-17)14-11-13-16(26-21(14)29)5-3-15(23)19(13)22/h2-5,10-11H,6-9,23H2,1H3,(H,24,25)(H,26,29). The van der Waals surface area contributed by atoms with E-state index in [2.05, 4.69) is 31.8 Å². The van der Waals surface area contributed by atoms with Crippen molar-refractivity contribution in [3.63, 3.8) is 0 Å². The van der Waals surface area contributed by atoms with Gasteiger partial charge in [-0.2, -0.15) is 0 Å². The number of nitrogen functional groups attached to an aromatic ring is 1. The lowest BCUT2D eigenvalue weighted by molar-refractivity contribution is 0.313. The van der Waals surface area contributed by atoms with E-state index < -0.39 is 5.82 Å². The molecular weight excluding hydrogens is 371 g/mol. The normalized spacial score (nSPS) is 15.4. The van der Waals surface area contributed by atoms with Crippen LogP contribution in [0.2, 0.25) is 0 Å². The van der Waals surface area contributed by atoms with Crippen molar-refractivity contribution in [2.75, 3.05) is 43.9 Å². The van der Waals surface area contributed by atoms with Crippen LogP contribution in [0.25, 0.3) is 33.3 Å². The van der Waals surface area contributed by atoms with Gasteiger partial charge in [0, 0.05) is 37.3 Å². The number of likely N-dealkylation sites (N-methyl/N-ethyl adjacent to an activating group) is 1. The molecule has 0 aliphatic carbocycles. The molecule has 8 heteroatoms. The molecule has 7 nitrogen and oxygen atoms in total. The molecule has 5 rings (SSSR count). The topological polar surface area (TPSA) is 94.0 Å². The monoisotopic (exact) mass is 392 g/mol. The third kappa shape index (κ3) is 3.01. The third-order valence-corrected chi connectivity index (χ3v) is 5.58. The van der Waals surface area contributed by atoms with Crippen LogP contribution in [0.5, 0.6) is 0 Å². The number of nitrogens with two attached hydrogens (primary N) is 1. The predicted octanol–water partition coefficient (Wildman–Crippen LogP) is 2.54. The van der Waals surface area contributed by atoms with E-state index in [9.17, 15) is 9.18 Å². The number of aromatic amines is 2. The van der Waals surface area contributed by atoms with Crippen LogP contribution in [0.4, 0.5) is 15.8 Å². The number of halogens is 1. The average Bonchev–Trinajstić information content (AvgIpc) is 3.14. The summed E-state index contributed by atoms with van der Waals surface area (Å²) in [7, 11) is 2.12. The molecule has 148 valence electrons. The summed E-state index contributed by atoms with van der Waals surface area (Å²) in [6, 6.07) is 10.6. The molecule has 0 atom stereocenters. The number of benzene rings is 2. The van der Waals surface area contributed by atoms with E-state index in [1.165, 1.54) is 12.1 Å². The fourth-order valence-electron chi connectivity index (χ4n) is 3.82. The molecule has 0 saturated carbocycles. The molecule has 29 heavy (non-hydrogen) atoms. The highest BCUT2D eigenvalue weighted by Crippen LogP contribution is 2.27. The predicted molar refractivity (Wildman–Crippen MR) is 114 cm³/mol. The Hall–Kier alpha value is -3.39. The Morgan fingerprint density at radius 2 is 1.83 bits per heavy atom. The summed E-state index contributed by atoms with van der Waals surface area (Å²) in [5.74, 6) is -0.144. The first-order valence-electron chi connectivity index (χ1n) is 9.54. The summed E-state index contributed by atoms with van der Waals surface area (Å²) in [4.78, 5) is 27.7. The summed E-state index contributed by atoms with van der Waals surface area (Å²) in [6.07, 6.45) is 0. The number of pyridine rings is 1. The molecule has 0 radical (unpaired) electrons. The van der Waals surface area contributed by atoms with Gasteiger partial charge < -0.3 is 25.5 Å². The van der Waals surface area contributed by atoms with Crippen LogP contribution in [-0.4, -0.2) is 53.1 Å². The van der Waals surface area contributed by atoms with Crippen LogP contribution in [0.15, 0.2) is 41.2 Å². The second-order valence-electron chi connectivity index (χ2n) is 7.52. The molecule has 1 aliphatic rings. The van der Waals surface area contributed by atoms with Crippen molar-refractivity contribution in [1.29, 1.82) is 0 Å². The zero-order valence-electron chi connectivity index (χ0n) is 16.0. The maximum atomic E-state index is 14.4. The van der Waals surface area contributed by atoms with Crippen LogP contribution < -0.4 is 16.2 Å². The maximum absolute atomic E-state index is 14.4. The summed E-state index contributed by atoms with van der Waals surface area (Å²) in [6.45, 7) is 3.98. The number of nitrogens with one attached hydrogen (secondary N) is 2. The zero-order valence-corrected chi connectivity index (χ0v) is 16.0. The van der Waals surface area contributed by atoms with Gasteiger partial charge in [-0.3, -0.25) is 4.79 Å². The summed E-state index contributed by atoms with van der Waals surface area (Å²) >= 11 is 0. The van der Waals surface area contributed by atoms with Crippen molar-refractivity contribution in [2.24, 2.45) is 0 Å². The first kappa shape index (κ1) is 17.7. The van der Waals surface area contributed by atoms with E-state index in [4.69, 9.17) is 5.73 Å². The Bertz CT molecular complexity index is 1290. The molecule has 0 bridgehead atoms. The van der Waals surface area contributed by atoms with Gasteiger partial charge in [-0.15, -0.1) is 0 Å². The van der Waals surface area contributed by atoms with Crippen LogP contribution in [0, 0.1) is 5.82 Å². The van der Waals surface area contributed by atoms with Crippen LogP contribution >= 0.6 is 0 Å². The number of nitrogens with zero attached hydrogens (tertiary/aromatic N) is 3. The lowest BCUT2D eigenvalue weighted by Crippen LogP contribution is -2.44. The van der Waals surface area contributed by atoms with Crippen molar-refractivity contribution in [1.82, 2.24) is 19.9 Å². The van der Waals surface area contributed by atoms with Gasteiger partial charge >= 0.3 is 0 Å². The van der Waals surface area contributed by atoms with Gasteiger partial charge in [-0.25, -0.2) is 9.37 Å². The smallest absolute Gasteiger partial charge is 0.259 e. The molecule has 1 fully saturated rings. The Balaban J connectivity index is 1.58. The van der Waals surface area contributed by atoms with Gasteiger partial charge in [0.1, 0.15) is 5.82 Å². The molecule has 0 unspecified atom stereocenters. The minimum atomic E-state index is -0.548. The first-order chi connectivity index (χ1) is 14.0. The number of anilines is 2. The molecule has 0 spiro atoms. The molecule has 0 amide bonds. The number of rotatable bonds is 2. The number of piperazine rings is 1. The van der Waals surface area contributed by atoms with Gasteiger partial charge in [0.05, 0.1) is 27.8 Å². The minimum Gasteiger partial charge on any atom is -0.396 e. The fraction of sp³-hybridized carbons (Fsp3) is 0.238. The second-order valence-corrected chi connectivity index (χ2v) is 7.52. The van der Waals surface area contributed by atoms with Crippen molar-refractivity contribution in [2.45, 2.75) is 0 Å². The number of aromatic nitrogens is 3. The van der Waals surface area contributed by atoms with E-state index in [0.717, 1.165) is 42.9 Å². The van der Waals surface area contributed by atoms with Crippen LogP contribution in [0.1, 0.15) is 0 Å². The first-order valence-corrected chi connectivity index (χ1v) is 9.54. The van der Waals surface area contributed by atoms with E-state index in [0.29, 0.717) is 11.3 Å². The van der Waals surface area contributed by atoms with E-state index in [-0.39, 0.29) is 22.2 Å². The number of hydrogen-bond acceptors (Lipinski definition) is 5.